The lowest BCUT2D eigenvalue weighted by Gasteiger charge is -2.39. The minimum Gasteiger partial charge on any atom is -0.465 e. The number of aldehydes is 1. The molecule has 1 fully saturated rings. The fourth-order valence-corrected chi connectivity index (χ4v) is 2.47. The molecule has 1 heterocycles. The molecule has 0 bridgehead atoms. The smallest absolute Gasteiger partial charge is 0.407 e. The van der Waals surface area contributed by atoms with E-state index in [1.807, 2.05) is 18.2 Å². The van der Waals surface area contributed by atoms with Gasteiger partial charge in [-0.15, -0.1) is 0 Å². The van der Waals surface area contributed by atoms with Crippen LogP contribution in [0.2, 0.25) is 0 Å². The number of carbonyl (C=O) groups is 2. The standard InChI is InChI=1S/C14H18N2O3/c17-9-6-13-11-15(7-8-16(13)14(18)19)10-12-4-2-1-3-5-12/h1-5,9,13H,6-8,10-11H2,(H,18,19)/t13-/m1/s1. The third-order valence-corrected chi connectivity index (χ3v) is 3.43. The lowest BCUT2D eigenvalue weighted by atomic mass is 10.1. The number of piperazine rings is 1. The molecule has 0 aromatic heterocycles. The molecular formula is C14H18N2O3. The molecule has 5 nitrogen and oxygen atoms in total. The molecule has 1 atom stereocenters. The predicted molar refractivity (Wildman–Crippen MR) is 70.9 cm³/mol. The molecule has 2 rings (SSSR count). The van der Waals surface area contributed by atoms with E-state index in [2.05, 4.69) is 17.0 Å². The number of hydrogen-bond acceptors (Lipinski definition) is 3. The van der Waals surface area contributed by atoms with Gasteiger partial charge in [0.1, 0.15) is 6.29 Å². The van der Waals surface area contributed by atoms with Gasteiger partial charge in [-0.2, -0.15) is 0 Å². The van der Waals surface area contributed by atoms with Gasteiger partial charge in [0.25, 0.3) is 0 Å². The van der Waals surface area contributed by atoms with Crippen molar-refractivity contribution in [3.05, 3.63) is 35.9 Å². The Morgan fingerprint density at radius 2 is 2.05 bits per heavy atom. The Bertz CT molecular complexity index is 436. The first kappa shape index (κ1) is 13.5. The molecule has 1 amide bonds. The quantitative estimate of drug-likeness (QED) is 0.834. The van der Waals surface area contributed by atoms with Gasteiger partial charge in [-0.3, -0.25) is 4.90 Å². The van der Waals surface area contributed by atoms with Crippen LogP contribution in [0, 0.1) is 0 Å². The third-order valence-electron chi connectivity index (χ3n) is 3.43. The molecule has 1 N–H and O–H groups in total. The average molecular weight is 262 g/mol. The van der Waals surface area contributed by atoms with Gasteiger partial charge in [-0.1, -0.05) is 30.3 Å². The normalized spacial score (nSPS) is 20.2. The molecule has 0 saturated carbocycles. The summed E-state index contributed by atoms with van der Waals surface area (Å²) in [4.78, 5) is 25.3. The highest BCUT2D eigenvalue weighted by Crippen LogP contribution is 2.15. The van der Waals surface area contributed by atoms with Crippen LogP contribution in [0.5, 0.6) is 0 Å². The summed E-state index contributed by atoms with van der Waals surface area (Å²) >= 11 is 0. The number of carbonyl (C=O) groups excluding carboxylic acids is 1. The number of hydrogen-bond donors (Lipinski definition) is 1. The Balaban J connectivity index is 1.98. The van der Waals surface area contributed by atoms with E-state index >= 15 is 0 Å². The molecular weight excluding hydrogens is 244 g/mol. The van der Waals surface area contributed by atoms with Crippen LogP contribution in [0.3, 0.4) is 0 Å². The van der Waals surface area contributed by atoms with Crippen molar-refractivity contribution in [3.63, 3.8) is 0 Å². The summed E-state index contributed by atoms with van der Waals surface area (Å²) in [6, 6.07) is 9.84. The number of carboxylic acid groups (broad SMARTS) is 1. The van der Waals surface area contributed by atoms with Gasteiger partial charge >= 0.3 is 6.09 Å². The van der Waals surface area contributed by atoms with Crippen LogP contribution in [0.25, 0.3) is 0 Å². The summed E-state index contributed by atoms with van der Waals surface area (Å²) in [6.07, 6.45) is 0.121. The predicted octanol–water partition coefficient (Wildman–Crippen LogP) is 1.44. The number of nitrogens with zero attached hydrogens (tertiary/aromatic N) is 2. The second-order valence-corrected chi connectivity index (χ2v) is 4.75. The van der Waals surface area contributed by atoms with E-state index in [9.17, 15) is 9.59 Å². The van der Waals surface area contributed by atoms with Crippen molar-refractivity contribution in [1.29, 1.82) is 0 Å². The Kier molecular flexibility index (Phi) is 4.52. The lowest BCUT2D eigenvalue weighted by Crippen LogP contribution is -2.54. The molecule has 1 aromatic carbocycles. The van der Waals surface area contributed by atoms with Gasteiger partial charge in [0.2, 0.25) is 0 Å². The van der Waals surface area contributed by atoms with Gasteiger partial charge in [0, 0.05) is 32.6 Å². The van der Waals surface area contributed by atoms with Crippen LogP contribution >= 0.6 is 0 Å². The Morgan fingerprint density at radius 1 is 1.32 bits per heavy atom. The maximum atomic E-state index is 11.1. The van der Waals surface area contributed by atoms with E-state index in [1.165, 1.54) is 10.5 Å². The zero-order chi connectivity index (χ0) is 13.7. The van der Waals surface area contributed by atoms with Gasteiger partial charge < -0.3 is 14.8 Å². The zero-order valence-corrected chi connectivity index (χ0v) is 10.7. The monoisotopic (exact) mass is 262 g/mol. The van der Waals surface area contributed by atoms with Crippen molar-refractivity contribution in [3.8, 4) is 0 Å². The van der Waals surface area contributed by atoms with Crippen molar-refractivity contribution in [2.75, 3.05) is 19.6 Å². The first-order valence-corrected chi connectivity index (χ1v) is 6.40. The third kappa shape index (κ3) is 3.54. The minimum absolute atomic E-state index is 0.229. The Morgan fingerprint density at radius 3 is 2.68 bits per heavy atom. The van der Waals surface area contributed by atoms with Gasteiger partial charge in [0.15, 0.2) is 0 Å². The van der Waals surface area contributed by atoms with Crippen LogP contribution < -0.4 is 0 Å². The molecule has 5 heteroatoms. The van der Waals surface area contributed by atoms with E-state index in [0.717, 1.165) is 12.8 Å². The maximum Gasteiger partial charge on any atom is 0.407 e. The summed E-state index contributed by atoms with van der Waals surface area (Å²) in [6.45, 7) is 2.57. The molecule has 0 unspecified atom stereocenters. The van der Waals surface area contributed by atoms with Crippen LogP contribution in [-0.2, 0) is 11.3 Å². The van der Waals surface area contributed by atoms with Crippen LogP contribution in [0.15, 0.2) is 30.3 Å². The van der Waals surface area contributed by atoms with E-state index in [1.54, 1.807) is 0 Å². The molecule has 1 aliphatic rings. The first-order valence-electron chi connectivity index (χ1n) is 6.40. The second kappa shape index (κ2) is 6.33. The molecule has 1 aromatic rings. The molecule has 0 aliphatic carbocycles. The van der Waals surface area contributed by atoms with Crippen molar-refractivity contribution in [1.82, 2.24) is 9.80 Å². The van der Waals surface area contributed by atoms with E-state index in [0.29, 0.717) is 19.6 Å². The fraction of sp³-hybridized carbons (Fsp3) is 0.429. The van der Waals surface area contributed by atoms with E-state index < -0.39 is 6.09 Å². The summed E-state index contributed by atoms with van der Waals surface area (Å²) in [7, 11) is 0. The minimum atomic E-state index is -0.939. The summed E-state index contributed by atoms with van der Waals surface area (Å²) in [5.41, 5.74) is 1.20. The molecule has 102 valence electrons. The molecule has 1 saturated heterocycles. The van der Waals surface area contributed by atoms with Crippen molar-refractivity contribution < 1.29 is 14.7 Å². The Labute approximate surface area is 112 Å². The zero-order valence-electron chi connectivity index (χ0n) is 10.7. The Hall–Kier alpha value is -1.88. The highest BCUT2D eigenvalue weighted by Gasteiger charge is 2.29. The highest BCUT2D eigenvalue weighted by molar-refractivity contribution is 5.66. The first-order chi connectivity index (χ1) is 9.20. The van der Waals surface area contributed by atoms with Crippen LogP contribution in [0.4, 0.5) is 4.79 Å². The molecule has 0 radical (unpaired) electrons. The number of rotatable bonds is 4. The summed E-state index contributed by atoms with van der Waals surface area (Å²) in [5, 5.41) is 9.10. The summed E-state index contributed by atoms with van der Waals surface area (Å²) < 4.78 is 0. The average Bonchev–Trinajstić information content (AvgIpc) is 2.40. The van der Waals surface area contributed by atoms with Crippen molar-refractivity contribution in [2.24, 2.45) is 0 Å². The SMILES string of the molecule is O=CC[C@@H]1CN(Cc2ccccc2)CCN1C(=O)O. The highest BCUT2D eigenvalue weighted by atomic mass is 16.4. The fourth-order valence-electron chi connectivity index (χ4n) is 2.47. The van der Waals surface area contributed by atoms with Crippen LogP contribution in [0.1, 0.15) is 12.0 Å². The topological polar surface area (TPSA) is 60.9 Å². The van der Waals surface area contributed by atoms with Crippen molar-refractivity contribution >= 4 is 12.4 Å². The number of amides is 1. The largest absolute Gasteiger partial charge is 0.465 e. The second-order valence-electron chi connectivity index (χ2n) is 4.75. The van der Waals surface area contributed by atoms with Crippen molar-refractivity contribution in [2.45, 2.75) is 19.0 Å². The molecule has 1 aliphatic heterocycles. The van der Waals surface area contributed by atoms with Gasteiger partial charge in [-0.05, 0) is 5.56 Å². The maximum absolute atomic E-state index is 11.1. The van der Waals surface area contributed by atoms with Gasteiger partial charge in [0.05, 0.1) is 6.04 Å². The van der Waals surface area contributed by atoms with E-state index in [4.69, 9.17) is 5.11 Å². The molecule has 0 spiro atoms. The van der Waals surface area contributed by atoms with Crippen LogP contribution in [-0.4, -0.2) is 53.0 Å². The summed E-state index contributed by atoms with van der Waals surface area (Å²) in [5.74, 6) is 0. The molecule has 19 heavy (non-hydrogen) atoms. The van der Waals surface area contributed by atoms with Gasteiger partial charge in [-0.25, -0.2) is 4.79 Å². The van der Waals surface area contributed by atoms with E-state index in [-0.39, 0.29) is 12.5 Å². The number of benzene rings is 1. The lowest BCUT2D eigenvalue weighted by molar-refractivity contribution is -0.109.